The maximum absolute atomic E-state index is 13.6. The highest BCUT2D eigenvalue weighted by Gasteiger charge is 2.31. The zero-order valence-electron chi connectivity index (χ0n) is 15.1. The van der Waals surface area contributed by atoms with E-state index in [0.29, 0.717) is 19.6 Å². The summed E-state index contributed by atoms with van der Waals surface area (Å²) in [5.74, 6) is 1.49. The molecule has 1 amide bonds. The summed E-state index contributed by atoms with van der Waals surface area (Å²) < 4.78 is 11.0. The average Bonchev–Trinajstić information content (AvgIpc) is 3.24. The number of hydrogen-bond donors (Lipinski definition) is 0. The van der Waals surface area contributed by atoms with E-state index in [0.717, 1.165) is 27.6 Å². The number of fused-ring (bicyclic) bond motifs is 1. The van der Waals surface area contributed by atoms with E-state index in [-0.39, 0.29) is 11.8 Å². The molecule has 138 valence electrons. The fourth-order valence-electron chi connectivity index (χ4n) is 3.40. The van der Waals surface area contributed by atoms with E-state index in [1.807, 2.05) is 64.9 Å². The van der Waals surface area contributed by atoms with Crippen LogP contribution in [0.4, 0.5) is 5.69 Å². The van der Waals surface area contributed by atoms with Gasteiger partial charge in [0.1, 0.15) is 11.5 Å². The molecule has 0 spiro atoms. The molecule has 0 saturated carbocycles. The fourth-order valence-corrected chi connectivity index (χ4v) is 4.10. The van der Waals surface area contributed by atoms with E-state index in [4.69, 9.17) is 9.47 Å². The van der Waals surface area contributed by atoms with Crippen LogP contribution in [0.2, 0.25) is 0 Å². The molecule has 4 nitrogen and oxygen atoms in total. The summed E-state index contributed by atoms with van der Waals surface area (Å²) in [5, 5.41) is 2.04. The molecule has 1 aliphatic rings. The van der Waals surface area contributed by atoms with Crippen LogP contribution >= 0.6 is 11.3 Å². The molecule has 0 bridgehead atoms. The Kier molecular flexibility index (Phi) is 5.12. The molecule has 1 aromatic heterocycles. The first-order valence-corrected chi connectivity index (χ1v) is 9.84. The Labute approximate surface area is 163 Å². The van der Waals surface area contributed by atoms with Crippen molar-refractivity contribution in [2.45, 2.75) is 18.9 Å². The summed E-state index contributed by atoms with van der Waals surface area (Å²) in [6.07, 6.45) is 0.687. The van der Waals surface area contributed by atoms with Gasteiger partial charge in [0.15, 0.2) is 0 Å². The van der Waals surface area contributed by atoms with Gasteiger partial charge in [-0.25, -0.2) is 0 Å². The molecule has 27 heavy (non-hydrogen) atoms. The molecule has 2 heterocycles. The van der Waals surface area contributed by atoms with Crippen LogP contribution in [0.1, 0.15) is 22.8 Å². The lowest BCUT2D eigenvalue weighted by atomic mass is 9.91. The summed E-state index contributed by atoms with van der Waals surface area (Å²) >= 11 is 1.66. The second-order valence-corrected chi connectivity index (χ2v) is 7.46. The zero-order chi connectivity index (χ0) is 18.6. The smallest absolute Gasteiger partial charge is 0.235 e. The van der Waals surface area contributed by atoms with Crippen LogP contribution in [0.15, 0.2) is 66.0 Å². The number of carbonyl (C=O) groups is 1. The van der Waals surface area contributed by atoms with E-state index < -0.39 is 0 Å². The van der Waals surface area contributed by atoms with Crippen molar-refractivity contribution in [3.8, 4) is 11.5 Å². The van der Waals surface area contributed by atoms with Crippen LogP contribution in [0.3, 0.4) is 0 Å². The highest BCUT2D eigenvalue weighted by molar-refractivity contribution is 7.09. The van der Waals surface area contributed by atoms with Crippen LogP contribution in [-0.2, 0) is 11.3 Å². The largest absolute Gasteiger partial charge is 0.497 e. The maximum Gasteiger partial charge on any atom is 0.235 e. The van der Waals surface area contributed by atoms with Crippen LogP contribution < -0.4 is 14.4 Å². The van der Waals surface area contributed by atoms with Crippen molar-refractivity contribution >= 4 is 22.9 Å². The van der Waals surface area contributed by atoms with Gasteiger partial charge in [0.05, 0.1) is 26.2 Å². The Morgan fingerprint density at radius 1 is 1.15 bits per heavy atom. The molecule has 3 aromatic rings. The van der Waals surface area contributed by atoms with Crippen molar-refractivity contribution in [2.75, 3.05) is 18.6 Å². The molecular weight excluding hydrogens is 358 g/mol. The average molecular weight is 379 g/mol. The van der Waals surface area contributed by atoms with Crippen molar-refractivity contribution in [3.05, 3.63) is 76.5 Å². The first-order valence-electron chi connectivity index (χ1n) is 8.96. The van der Waals surface area contributed by atoms with Gasteiger partial charge in [-0.3, -0.25) is 4.79 Å². The lowest BCUT2D eigenvalue weighted by Crippen LogP contribution is -2.36. The summed E-state index contributed by atoms with van der Waals surface area (Å²) in [5.41, 5.74) is 1.84. The van der Waals surface area contributed by atoms with Crippen molar-refractivity contribution in [3.63, 3.8) is 0 Å². The number of benzene rings is 2. The predicted octanol–water partition coefficient (Wildman–Crippen LogP) is 4.86. The summed E-state index contributed by atoms with van der Waals surface area (Å²) in [6.45, 7) is 1.12. The van der Waals surface area contributed by atoms with Gasteiger partial charge in [0, 0.05) is 16.1 Å². The molecule has 1 atom stereocenters. The van der Waals surface area contributed by atoms with E-state index in [1.165, 1.54) is 0 Å². The molecule has 0 radical (unpaired) electrons. The van der Waals surface area contributed by atoms with E-state index >= 15 is 0 Å². The minimum Gasteiger partial charge on any atom is -0.497 e. The molecular formula is C22H21NO3S. The molecule has 1 aliphatic heterocycles. The number of para-hydroxylation sites is 1. The number of hydrogen-bond acceptors (Lipinski definition) is 4. The number of ether oxygens (including phenoxy) is 2. The normalized spacial score (nSPS) is 15.5. The quantitative estimate of drug-likeness (QED) is 0.636. The first kappa shape index (κ1) is 17.6. The van der Waals surface area contributed by atoms with Gasteiger partial charge in [-0.1, -0.05) is 24.3 Å². The number of anilines is 1. The van der Waals surface area contributed by atoms with Gasteiger partial charge in [-0.15, -0.1) is 11.3 Å². The number of rotatable bonds is 5. The topological polar surface area (TPSA) is 38.8 Å². The monoisotopic (exact) mass is 379 g/mol. The SMILES string of the molecule is COc1ccc(N(Cc2cccs2)C(=O)C2CCOc3ccccc32)cc1. The van der Waals surface area contributed by atoms with Crippen molar-refractivity contribution < 1.29 is 14.3 Å². The summed E-state index contributed by atoms with van der Waals surface area (Å²) in [6, 6.07) is 19.6. The second kappa shape index (κ2) is 7.84. The van der Waals surface area contributed by atoms with Crippen LogP contribution in [0.5, 0.6) is 11.5 Å². The Hall–Kier alpha value is -2.79. The van der Waals surface area contributed by atoms with Crippen LogP contribution in [0, 0.1) is 0 Å². The lowest BCUT2D eigenvalue weighted by Gasteiger charge is -2.31. The van der Waals surface area contributed by atoms with E-state index in [9.17, 15) is 4.79 Å². The highest BCUT2D eigenvalue weighted by Crippen LogP contribution is 2.36. The number of amides is 1. The molecule has 0 aliphatic carbocycles. The van der Waals surface area contributed by atoms with Gasteiger partial charge in [-0.2, -0.15) is 0 Å². The Balaban J connectivity index is 1.68. The second-order valence-electron chi connectivity index (χ2n) is 6.43. The Morgan fingerprint density at radius 3 is 2.70 bits per heavy atom. The van der Waals surface area contributed by atoms with Crippen LogP contribution in [-0.4, -0.2) is 19.6 Å². The van der Waals surface area contributed by atoms with Crippen molar-refractivity contribution in [1.29, 1.82) is 0 Å². The molecule has 4 rings (SSSR count). The molecule has 5 heteroatoms. The molecule has 2 aromatic carbocycles. The van der Waals surface area contributed by atoms with Crippen LogP contribution in [0.25, 0.3) is 0 Å². The lowest BCUT2D eigenvalue weighted by molar-refractivity contribution is -0.120. The maximum atomic E-state index is 13.6. The third kappa shape index (κ3) is 3.69. The predicted molar refractivity (Wildman–Crippen MR) is 108 cm³/mol. The number of thiophene rings is 1. The minimum absolute atomic E-state index is 0.101. The van der Waals surface area contributed by atoms with E-state index in [1.54, 1.807) is 18.4 Å². The fraction of sp³-hybridized carbons (Fsp3) is 0.227. The van der Waals surface area contributed by atoms with Crippen molar-refractivity contribution in [1.82, 2.24) is 0 Å². The molecule has 0 saturated heterocycles. The minimum atomic E-state index is -0.197. The van der Waals surface area contributed by atoms with Gasteiger partial charge in [0.25, 0.3) is 0 Å². The Morgan fingerprint density at radius 2 is 1.96 bits per heavy atom. The van der Waals surface area contributed by atoms with Gasteiger partial charge in [0.2, 0.25) is 5.91 Å². The third-order valence-electron chi connectivity index (χ3n) is 4.80. The third-order valence-corrected chi connectivity index (χ3v) is 5.66. The molecule has 0 fully saturated rings. The summed E-state index contributed by atoms with van der Waals surface area (Å²) in [4.78, 5) is 16.6. The highest BCUT2D eigenvalue weighted by atomic mass is 32.1. The Bertz CT molecular complexity index is 906. The number of nitrogens with zero attached hydrogens (tertiary/aromatic N) is 1. The summed E-state index contributed by atoms with van der Waals surface area (Å²) in [7, 11) is 1.64. The number of carbonyl (C=O) groups excluding carboxylic acids is 1. The van der Waals surface area contributed by atoms with E-state index in [2.05, 4.69) is 6.07 Å². The first-order chi connectivity index (χ1) is 13.3. The van der Waals surface area contributed by atoms with Gasteiger partial charge >= 0.3 is 0 Å². The van der Waals surface area contributed by atoms with Gasteiger partial charge < -0.3 is 14.4 Å². The molecule has 0 N–H and O–H groups in total. The standard InChI is InChI=1S/C22H21NO3S/c1-25-17-10-8-16(9-11-17)23(15-18-5-4-14-27-18)22(24)20-12-13-26-21-7-3-2-6-19(20)21/h2-11,14,20H,12-13,15H2,1H3. The van der Waals surface area contributed by atoms with Gasteiger partial charge in [-0.05, 0) is 48.2 Å². The van der Waals surface area contributed by atoms with Crippen molar-refractivity contribution in [2.24, 2.45) is 0 Å². The molecule has 1 unspecified atom stereocenters. The zero-order valence-corrected chi connectivity index (χ0v) is 15.9. The number of methoxy groups -OCH3 is 1.